The molecule has 0 bridgehead atoms. The van der Waals surface area contributed by atoms with Gasteiger partial charge in [-0.25, -0.2) is 0 Å². The molecule has 0 saturated carbocycles. The summed E-state index contributed by atoms with van der Waals surface area (Å²) in [5, 5.41) is 2.85. The highest BCUT2D eigenvalue weighted by Gasteiger charge is 2.14. The zero-order valence-corrected chi connectivity index (χ0v) is 12.1. The summed E-state index contributed by atoms with van der Waals surface area (Å²) in [6.07, 6.45) is -0.500. The SMILES string of the molecule is CC(C)CNC(=O)C(C)Oc1ccc(C(C)N)cc1. The van der Waals surface area contributed by atoms with Gasteiger partial charge in [0.15, 0.2) is 6.10 Å². The summed E-state index contributed by atoms with van der Waals surface area (Å²) in [7, 11) is 0. The van der Waals surface area contributed by atoms with Crippen LogP contribution in [0.15, 0.2) is 24.3 Å². The van der Waals surface area contributed by atoms with E-state index in [1.165, 1.54) is 0 Å². The molecule has 19 heavy (non-hydrogen) atoms. The Kier molecular flexibility index (Phi) is 5.83. The topological polar surface area (TPSA) is 64.3 Å². The van der Waals surface area contributed by atoms with Crippen LogP contribution in [-0.4, -0.2) is 18.6 Å². The number of hydrogen-bond acceptors (Lipinski definition) is 3. The van der Waals surface area contributed by atoms with Crippen molar-refractivity contribution in [2.45, 2.75) is 39.8 Å². The molecular weight excluding hydrogens is 240 g/mol. The van der Waals surface area contributed by atoms with E-state index in [0.29, 0.717) is 18.2 Å². The smallest absolute Gasteiger partial charge is 0.260 e. The molecule has 1 amide bonds. The Bertz CT molecular complexity index is 399. The Balaban J connectivity index is 2.51. The number of nitrogens with two attached hydrogens (primary N) is 1. The molecule has 0 heterocycles. The number of nitrogens with one attached hydrogen (secondary N) is 1. The van der Waals surface area contributed by atoms with Gasteiger partial charge in [0.05, 0.1) is 0 Å². The van der Waals surface area contributed by atoms with Crippen molar-refractivity contribution in [3.63, 3.8) is 0 Å². The van der Waals surface area contributed by atoms with Gasteiger partial charge in [-0.15, -0.1) is 0 Å². The number of carbonyl (C=O) groups excluding carboxylic acids is 1. The van der Waals surface area contributed by atoms with Crippen molar-refractivity contribution < 1.29 is 9.53 Å². The molecular formula is C15H24N2O2. The minimum atomic E-state index is -0.500. The highest BCUT2D eigenvalue weighted by Crippen LogP contribution is 2.17. The van der Waals surface area contributed by atoms with E-state index in [0.717, 1.165) is 5.56 Å². The maximum absolute atomic E-state index is 11.8. The Morgan fingerprint density at radius 3 is 2.26 bits per heavy atom. The summed E-state index contributed by atoms with van der Waals surface area (Å²) in [5.41, 5.74) is 6.82. The standard InChI is InChI=1S/C15H24N2O2/c1-10(2)9-17-15(18)12(4)19-14-7-5-13(6-8-14)11(3)16/h5-8,10-12H,9,16H2,1-4H3,(H,17,18). The Morgan fingerprint density at radius 2 is 1.79 bits per heavy atom. The fraction of sp³-hybridized carbons (Fsp3) is 0.533. The molecule has 4 heteroatoms. The monoisotopic (exact) mass is 264 g/mol. The summed E-state index contributed by atoms with van der Waals surface area (Å²) in [6.45, 7) is 8.44. The fourth-order valence-electron chi connectivity index (χ4n) is 1.56. The van der Waals surface area contributed by atoms with Gasteiger partial charge < -0.3 is 15.8 Å². The number of benzene rings is 1. The van der Waals surface area contributed by atoms with E-state index in [-0.39, 0.29) is 11.9 Å². The third kappa shape index (κ3) is 5.30. The van der Waals surface area contributed by atoms with Crippen LogP contribution in [-0.2, 0) is 4.79 Å². The normalized spacial score (nSPS) is 14.0. The van der Waals surface area contributed by atoms with E-state index in [9.17, 15) is 4.79 Å². The van der Waals surface area contributed by atoms with Crippen LogP contribution in [0.2, 0.25) is 0 Å². The van der Waals surface area contributed by atoms with Gasteiger partial charge in [0, 0.05) is 12.6 Å². The summed E-state index contributed by atoms with van der Waals surface area (Å²) < 4.78 is 5.59. The first-order chi connectivity index (χ1) is 8.90. The van der Waals surface area contributed by atoms with E-state index in [4.69, 9.17) is 10.5 Å². The second-order valence-corrected chi connectivity index (χ2v) is 5.26. The fourth-order valence-corrected chi connectivity index (χ4v) is 1.56. The first kappa shape index (κ1) is 15.5. The molecule has 2 unspecified atom stereocenters. The molecule has 1 aromatic rings. The molecule has 3 N–H and O–H groups in total. The number of rotatable bonds is 6. The molecule has 106 valence electrons. The second-order valence-electron chi connectivity index (χ2n) is 5.26. The Hall–Kier alpha value is -1.55. The average molecular weight is 264 g/mol. The third-order valence-corrected chi connectivity index (χ3v) is 2.77. The van der Waals surface area contributed by atoms with Crippen LogP contribution in [0.3, 0.4) is 0 Å². The van der Waals surface area contributed by atoms with E-state index in [2.05, 4.69) is 19.2 Å². The van der Waals surface area contributed by atoms with Crippen LogP contribution >= 0.6 is 0 Å². The highest BCUT2D eigenvalue weighted by molar-refractivity contribution is 5.80. The lowest BCUT2D eigenvalue weighted by Crippen LogP contribution is -2.38. The van der Waals surface area contributed by atoms with E-state index in [1.807, 2.05) is 31.2 Å². The van der Waals surface area contributed by atoms with Gasteiger partial charge in [0.25, 0.3) is 5.91 Å². The van der Waals surface area contributed by atoms with Gasteiger partial charge in [-0.3, -0.25) is 4.79 Å². The van der Waals surface area contributed by atoms with Gasteiger partial charge in [0.2, 0.25) is 0 Å². The lowest BCUT2D eigenvalue weighted by atomic mass is 10.1. The molecule has 2 atom stereocenters. The van der Waals surface area contributed by atoms with Crippen LogP contribution in [0, 0.1) is 5.92 Å². The predicted molar refractivity (Wildman–Crippen MR) is 77.0 cm³/mol. The van der Waals surface area contributed by atoms with Crippen LogP contribution < -0.4 is 15.8 Å². The van der Waals surface area contributed by atoms with E-state index in [1.54, 1.807) is 6.92 Å². The molecule has 0 aliphatic carbocycles. The second kappa shape index (κ2) is 7.14. The molecule has 0 spiro atoms. The van der Waals surface area contributed by atoms with Crippen LogP contribution in [0.1, 0.15) is 39.3 Å². The quantitative estimate of drug-likeness (QED) is 0.828. The number of hydrogen-bond donors (Lipinski definition) is 2. The Morgan fingerprint density at radius 1 is 1.21 bits per heavy atom. The maximum atomic E-state index is 11.8. The van der Waals surface area contributed by atoms with Crippen LogP contribution in [0.4, 0.5) is 0 Å². The summed E-state index contributed by atoms with van der Waals surface area (Å²) in [4.78, 5) is 11.8. The summed E-state index contributed by atoms with van der Waals surface area (Å²) >= 11 is 0. The van der Waals surface area contributed by atoms with Crippen molar-refractivity contribution in [3.05, 3.63) is 29.8 Å². The lowest BCUT2D eigenvalue weighted by Gasteiger charge is -2.16. The number of carbonyl (C=O) groups is 1. The van der Waals surface area contributed by atoms with Gasteiger partial charge in [-0.1, -0.05) is 26.0 Å². The van der Waals surface area contributed by atoms with Crippen molar-refractivity contribution in [2.75, 3.05) is 6.54 Å². The van der Waals surface area contributed by atoms with Crippen LogP contribution in [0.25, 0.3) is 0 Å². The molecule has 0 aliphatic rings. The van der Waals surface area contributed by atoms with Gasteiger partial charge in [0.1, 0.15) is 5.75 Å². The molecule has 0 aliphatic heterocycles. The zero-order chi connectivity index (χ0) is 14.4. The van der Waals surface area contributed by atoms with E-state index >= 15 is 0 Å². The maximum Gasteiger partial charge on any atom is 0.260 e. The van der Waals surface area contributed by atoms with Crippen molar-refractivity contribution in [3.8, 4) is 5.75 Å². The van der Waals surface area contributed by atoms with Crippen LogP contribution in [0.5, 0.6) is 5.75 Å². The van der Waals surface area contributed by atoms with Crippen molar-refractivity contribution in [1.82, 2.24) is 5.32 Å². The molecule has 1 rings (SSSR count). The summed E-state index contributed by atoms with van der Waals surface area (Å²) in [6, 6.07) is 7.51. The lowest BCUT2D eigenvalue weighted by molar-refractivity contribution is -0.127. The Labute approximate surface area is 115 Å². The highest BCUT2D eigenvalue weighted by atomic mass is 16.5. The molecule has 1 aromatic carbocycles. The van der Waals surface area contributed by atoms with Gasteiger partial charge >= 0.3 is 0 Å². The van der Waals surface area contributed by atoms with E-state index < -0.39 is 6.10 Å². The molecule has 0 saturated heterocycles. The predicted octanol–water partition coefficient (Wildman–Crippen LogP) is 2.25. The number of ether oxygens (including phenoxy) is 1. The summed E-state index contributed by atoms with van der Waals surface area (Å²) in [5.74, 6) is 1.02. The van der Waals surface area contributed by atoms with Gasteiger partial charge in [-0.05, 0) is 37.5 Å². The molecule has 0 fully saturated rings. The molecule has 0 aromatic heterocycles. The largest absolute Gasteiger partial charge is 0.481 e. The third-order valence-electron chi connectivity index (χ3n) is 2.77. The minimum absolute atomic E-state index is 0.000754. The molecule has 0 radical (unpaired) electrons. The first-order valence-electron chi connectivity index (χ1n) is 6.70. The van der Waals surface area contributed by atoms with Crippen molar-refractivity contribution >= 4 is 5.91 Å². The number of amides is 1. The van der Waals surface area contributed by atoms with Crippen molar-refractivity contribution in [2.24, 2.45) is 11.7 Å². The zero-order valence-electron chi connectivity index (χ0n) is 12.1. The average Bonchev–Trinajstić information content (AvgIpc) is 2.36. The minimum Gasteiger partial charge on any atom is -0.481 e. The van der Waals surface area contributed by atoms with Crippen molar-refractivity contribution in [1.29, 1.82) is 0 Å². The van der Waals surface area contributed by atoms with Gasteiger partial charge in [-0.2, -0.15) is 0 Å². The first-order valence-corrected chi connectivity index (χ1v) is 6.70. The molecule has 4 nitrogen and oxygen atoms in total.